The van der Waals surface area contributed by atoms with E-state index in [1.54, 1.807) is 42.5 Å². The van der Waals surface area contributed by atoms with E-state index in [4.69, 9.17) is 5.73 Å². The predicted octanol–water partition coefficient (Wildman–Crippen LogP) is 2.86. The Labute approximate surface area is 173 Å². The highest BCUT2D eigenvalue weighted by atomic mass is 35.5. The lowest BCUT2D eigenvalue weighted by Gasteiger charge is -2.24. The van der Waals surface area contributed by atoms with Gasteiger partial charge < -0.3 is 11.1 Å². The smallest absolute Gasteiger partial charge is 0.264 e. The summed E-state index contributed by atoms with van der Waals surface area (Å²) < 4.78 is 27.5. The summed E-state index contributed by atoms with van der Waals surface area (Å²) in [5.74, 6) is -0.174. The first-order chi connectivity index (χ1) is 12.9. The van der Waals surface area contributed by atoms with Gasteiger partial charge in [-0.25, -0.2) is 8.42 Å². The third-order valence-electron chi connectivity index (χ3n) is 4.15. The molecule has 2 aromatic carbocycles. The molecule has 0 unspecified atom stereocenters. The first kappa shape index (κ1) is 23.9. The summed E-state index contributed by atoms with van der Waals surface area (Å²) in [6, 6.07) is 15.5. The summed E-state index contributed by atoms with van der Waals surface area (Å²) in [4.78, 5) is 12.3. The van der Waals surface area contributed by atoms with Gasteiger partial charge in [-0.15, -0.1) is 12.4 Å². The average Bonchev–Trinajstić information content (AvgIpc) is 2.67. The lowest BCUT2D eigenvalue weighted by molar-refractivity contribution is -0.120. The van der Waals surface area contributed by atoms with E-state index in [2.05, 4.69) is 5.32 Å². The van der Waals surface area contributed by atoms with E-state index in [1.807, 2.05) is 19.1 Å². The van der Waals surface area contributed by atoms with Crippen molar-refractivity contribution in [1.82, 2.24) is 5.32 Å². The topological polar surface area (TPSA) is 92.5 Å². The zero-order valence-corrected chi connectivity index (χ0v) is 17.6. The highest BCUT2D eigenvalue weighted by Gasteiger charge is 2.25. The summed E-state index contributed by atoms with van der Waals surface area (Å²) in [5.41, 5.74) is 7.01. The van der Waals surface area contributed by atoms with Crippen LogP contribution in [0.25, 0.3) is 0 Å². The number of hydrogen-bond donors (Lipinski definition) is 2. The van der Waals surface area contributed by atoms with Crippen LogP contribution in [-0.4, -0.2) is 34.0 Å². The number of anilines is 1. The second-order valence-electron chi connectivity index (χ2n) is 6.32. The van der Waals surface area contributed by atoms with E-state index in [-0.39, 0.29) is 36.2 Å². The molecule has 154 valence electrons. The number of nitrogens with two attached hydrogens (primary N) is 1. The Bertz CT molecular complexity index is 828. The van der Waals surface area contributed by atoms with E-state index < -0.39 is 10.0 Å². The Morgan fingerprint density at radius 2 is 1.68 bits per heavy atom. The number of rotatable bonds is 10. The largest absolute Gasteiger partial charge is 0.356 e. The Morgan fingerprint density at radius 3 is 2.29 bits per heavy atom. The van der Waals surface area contributed by atoms with Gasteiger partial charge in [-0.05, 0) is 50.6 Å². The van der Waals surface area contributed by atoms with Crippen LogP contribution in [0.4, 0.5) is 5.69 Å². The maximum atomic E-state index is 13.1. The molecule has 8 heteroatoms. The molecule has 2 aromatic rings. The molecule has 0 saturated heterocycles. The summed E-state index contributed by atoms with van der Waals surface area (Å²) in [7, 11) is -3.75. The van der Waals surface area contributed by atoms with Crippen molar-refractivity contribution < 1.29 is 13.2 Å². The summed E-state index contributed by atoms with van der Waals surface area (Å²) in [6.45, 7) is 3.15. The van der Waals surface area contributed by atoms with Crippen molar-refractivity contribution in [1.29, 1.82) is 0 Å². The maximum absolute atomic E-state index is 13.1. The zero-order chi connectivity index (χ0) is 19.7. The van der Waals surface area contributed by atoms with Crippen LogP contribution in [0.15, 0.2) is 59.5 Å². The number of hydrogen-bond acceptors (Lipinski definition) is 4. The predicted molar refractivity (Wildman–Crippen MR) is 115 cm³/mol. The lowest BCUT2D eigenvalue weighted by atomic mass is 10.2. The Morgan fingerprint density at radius 1 is 1.04 bits per heavy atom. The van der Waals surface area contributed by atoms with Crippen molar-refractivity contribution in [3.8, 4) is 0 Å². The standard InChI is InChI=1S/C20H27N3O3S.ClH/c1-17-9-11-18(12-10-17)23(16-13-20(24)22-15-6-5-14-21)27(25,26)19-7-3-2-4-8-19;/h2-4,7-12H,5-6,13-16,21H2,1H3,(H,22,24);1H. The molecule has 0 aliphatic carbocycles. The number of carbonyl (C=O) groups excluding carboxylic acids is 1. The third-order valence-corrected chi connectivity index (χ3v) is 5.99. The van der Waals surface area contributed by atoms with Crippen LogP contribution < -0.4 is 15.4 Å². The van der Waals surface area contributed by atoms with Crippen LogP contribution in [0.1, 0.15) is 24.8 Å². The molecule has 6 nitrogen and oxygen atoms in total. The van der Waals surface area contributed by atoms with Gasteiger partial charge in [0.05, 0.1) is 10.6 Å². The third kappa shape index (κ3) is 6.82. The second kappa shape index (κ2) is 11.7. The van der Waals surface area contributed by atoms with E-state index in [1.165, 1.54) is 4.31 Å². The van der Waals surface area contributed by atoms with Crippen LogP contribution in [0.3, 0.4) is 0 Å². The number of nitrogens with one attached hydrogen (secondary N) is 1. The van der Waals surface area contributed by atoms with Crippen LogP contribution in [0.2, 0.25) is 0 Å². The van der Waals surface area contributed by atoms with Crippen molar-refractivity contribution in [2.24, 2.45) is 5.73 Å². The van der Waals surface area contributed by atoms with Crippen LogP contribution in [0, 0.1) is 6.92 Å². The summed E-state index contributed by atoms with van der Waals surface area (Å²) >= 11 is 0. The zero-order valence-electron chi connectivity index (χ0n) is 16.0. The number of aryl methyl sites for hydroxylation is 1. The van der Waals surface area contributed by atoms with Gasteiger partial charge in [0.1, 0.15) is 0 Å². The summed E-state index contributed by atoms with van der Waals surface area (Å²) in [6.07, 6.45) is 1.74. The number of amides is 1. The Hall–Kier alpha value is -2.09. The molecule has 0 aliphatic rings. The fourth-order valence-electron chi connectivity index (χ4n) is 2.61. The molecular weight excluding hydrogens is 398 g/mol. The van der Waals surface area contributed by atoms with E-state index >= 15 is 0 Å². The van der Waals surface area contributed by atoms with Gasteiger partial charge in [0.2, 0.25) is 5.91 Å². The summed E-state index contributed by atoms with van der Waals surface area (Å²) in [5, 5.41) is 2.81. The minimum atomic E-state index is -3.75. The van der Waals surface area contributed by atoms with Crippen molar-refractivity contribution in [3.63, 3.8) is 0 Å². The van der Waals surface area contributed by atoms with E-state index in [0.29, 0.717) is 18.8 Å². The minimum Gasteiger partial charge on any atom is -0.356 e. The van der Waals surface area contributed by atoms with Crippen molar-refractivity contribution >= 4 is 34.0 Å². The van der Waals surface area contributed by atoms with Crippen molar-refractivity contribution in [2.45, 2.75) is 31.1 Å². The number of nitrogens with zero attached hydrogens (tertiary/aromatic N) is 1. The normalized spacial score (nSPS) is 10.8. The molecule has 3 N–H and O–H groups in total. The number of benzene rings is 2. The van der Waals surface area contributed by atoms with Crippen LogP contribution >= 0.6 is 12.4 Å². The molecule has 2 rings (SSSR count). The monoisotopic (exact) mass is 425 g/mol. The molecule has 1 amide bonds. The number of sulfonamides is 1. The quantitative estimate of drug-likeness (QED) is 0.572. The molecule has 0 radical (unpaired) electrons. The molecule has 0 aliphatic heterocycles. The molecular formula is C20H28ClN3O3S. The first-order valence-electron chi connectivity index (χ1n) is 9.06. The Balaban J connectivity index is 0.00000392. The average molecular weight is 426 g/mol. The van der Waals surface area contributed by atoms with Crippen molar-refractivity contribution in [2.75, 3.05) is 23.9 Å². The van der Waals surface area contributed by atoms with Crippen molar-refractivity contribution in [3.05, 3.63) is 60.2 Å². The van der Waals surface area contributed by atoms with Gasteiger partial charge >= 0.3 is 0 Å². The molecule has 0 spiro atoms. The fourth-order valence-corrected chi connectivity index (χ4v) is 4.09. The maximum Gasteiger partial charge on any atom is 0.264 e. The fraction of sp³-hybridized carbons (Fsp3) is 0.350. The van der Waals surface area contributed by atoms with Gasteiger partial charge in [0.15, 0.2) is 0 Å². The SMILES string of the molecule is Cc1ccc(N(CCC(=O)NCCCCN)S(=O)(=O)c2ccccc2)cc1.Cl. The van der Waals surface area contributed by atoms with Gasteiger partial charge in [-0.2, -0.15) is 0 Å². The van der Waals surface area contributed by atoms with Crippen LogP contribution in [0.5, 0.6) is 0 Å². The minimum absolute atomic E-state index is 0. The first-order valence-corrected chi connectivity index (χ1v) is 10.5. The van der Waals surface area contributed by atoms with Gasteiger partial charge in [-0.1, -0.05) is 35.9 Å². The van der Waals surface area contributed by atoms with Gasteiger partial charge in [0, 0.05) is 19.5 Å². The Kier molecular flexibility index (Phi) is 9.99. The van der Waals surface area contributed by atoms with E-state index in [9.17, 15) is 13.2 Å². The highest BCUT2D eigenvalue weighted by molar-refractivity contribution is 7.92. The van der Waals surface area contributed by atoms with Gasteiger partial charge in [0.25, 0.3) is 10.0 Å². The molecule has 0 atom stereocenters. The lowest BCUT2D eigenvalue weighted by Crippen LogP contribution is -2.35. The highest BCUT2D eigenvalue weighted by Crippen LogP contribution is 2.24. The molecule has 0 heterocycles. The second-order valence-corrected chi connectivity index (χ2v) is 8.18. The number of carbonyl (C=O) groups is 1. The van der Waals surface area contributed by atoms with Gasteiger partial charge in [-0.3, -0.25) is 9.10 Å². The molecule has 0 saturated carbocycles. The molecule has 0 fully saturated rings. The number of halogens is 1. The van der Waals surface area contributed by atoms with E-state index in [0.717, 1.165) is 18.4 Å². The number of unbranched alkanes of at least 4 members (excludes halogenated alkanes) is 1. The molecule has 0 aromatic heterocycles. The molecule has 0 bridgehead atoms. The molecule has 28 heavy (non-hydrogen) atoms. The van der Waals surface area contributed by atoms with Crippen LogP contribution in [-0.2, 0) is 14.8 Å².